The van der Waals surface area contributed by atoms with Gasteiger partial charge in [-0.25, -0.2) is 0 Å². The number of nitrogen functional groups attached to an aromatic ring is 1. The van der Waals surface area contributed by atoms with E-state index < -0.39 is 0 Å². The maximum absolute atomic E-state index is 5.57. The third-order valence-electron chi connectivity index (χ3n) is 2.42. The van der Waals surface area contributed by atoms with Gasteiger partial charge in [-0.15, -0.1) is 0 Å². The Labute approximate surface area is 97.4 Å². The molecule has 1 heterocycles. The van der Waals surface area contributed by atoms with Gasteiger partial charge in [-0.2, -0.15) is 0 Å². The quantitative estimate of drug-likeness (QED) is 0.705. The van der Waals surface area contributed by atoms with Gasteiger partial charge in [0.2, 0.25) is 0 Å². The fraction of sp³-hybridized carbons (Fsp3) is 0.583. The van der Waals surface area contributed by atoms with Gasteiger partial charge in [-0.05, 0) is 26.1 Å². The molecular weight excluding hydrogens is 202 g/mol. The zero-order chi connectivity index (χ0) is 11.8. The Morgan fingerprint density at radius 1 is 1.38 bits per heavy atom. The lowest BCUT2D eigenvalue weighted by molar-refractivity contribution is 0.122. The van der Waals surface area contributed by atoms with Gasteiger partial charge in [0.25, 0.3) is 0 Å². The van der Waals surface area contributed by atoms with E-state index in [4.69, 9.17) is 10.5 Å². The van der Waals surface area contributed by atoms with Gasteiger partial charge in [0.15, 0.2) is 0 Å². The van der Waals surface area contributed by atoms with E-state index in [2.05, 4.69) is 16.9 Å². The van der Waals surface area contributed by atoms with Gasteiger partial charge in [-0.3, -0.25) is 4.98 Å². The Morgan fingerprint density at radius 2 is 2.19 bits per heavy atom. The van der Waals surface area contributed by atoms with Crippen molar-refractivity contribution in [3.05, 3.63) is 24.0 Å². The molecule has 2 N–H and O–H groups in total. The van der Waals surface area contributed by atoms with Crippen LogP contribution in [-0.2, 0) is 11.2 Å². The summed E-state index contributed by atoms with van der Waals surface area (Å²) in [6.07, 6.45) is 2.65. The zero-order valence-corrected chi connectivity index (χ0v) is 10.1. The summed E-state index contributed by atoms with van der Waals surface area (Å²) in [6.45, 7) is 5.54. The lowest BCUT2D eigenvalue weighted by Crippen LogP contribution is -2.25. The van der Waals surface area contributed by atoms with Crippen LogP contribution in [0.5, 0.6) is 0 Å². The highest BCUT2D eigenvalue weighted by atomic mass is 16.5. The second-order valence-electron chi connectivity index (χ2n) is 3.83. The molecule has 0 aromatic carbocycles. The number of aromatic nitrogens is 1. The molecule has 0 spiro atoms. The molecule has 1 aromatic rings. The van der Waals surface area contributed by atoms with Crippen molar-refractivity contribution < 1.29 is 4.74 Å². The molecule has 0 radical (unpaired) electrons. The van der Waals surface area contributed by atoms with Crippen LogP contribution in [0.2, 0.25) is 0 Å². The summed E-state index contributed by atoms with van der Waals surface area (Å²) in [7, 11) is 2.09. The molecule has 1 rings (SSSR count). The Morgan fingerprint density at radius 3 is 2.81 bits per heavy atom. The van der Waals surface area contributed by atoms with Gasteiger partial charge < -0.3 is 15.4 Å². The van der Waals surface area contributed by atoms with E-state index in [0.29, 0.717) is 5.69 Å². The van der Waals surface area contributed by atoms with Crippen LogP contribution in [0.15, 0.2) is 18.3 Å². The number of nitrogens with zero attached hydrogens (tertiary/aromatic N) is 2. The van der Waals surface area contributed by atoms with Crippen LogP contribution in [0.1, 0.15) is 12.6 Å². The van der Waals surface area contributed by atoms with E-state index in [1.54, 1.807) is 6.20 Å². The molecule has 0 amide bonds. The van der Waals surface area contributed by atoms with E-state index in [1.807, 2.05) is 19.1 Å². The fourth-order valence-electron chi connectivity index (χ4n) is 1.37. The third-order valence-corrected chi connectivity index (χ3v) is 2.42. The smallest absolute Gasteiger partial charge is 0.0593 e. The number of likely N-dealkylation sites (N-methyl/N-ethyl adjacent to an activating group) is 1. The summed E-state index contributed by atoms with van der Waals surface area (Å²) >= 11 is 0. The number of rotatable bonds is 7. The van der Waals surface area contributed by atoms with Crippen LogP contribution in [0.3, 0.4) is 0 Å². The Hall–Kier alpha value is -1.13. The molecule has 4 heteroatoms. The van der Waals surface area contributed by atoms with Crippen LogP contribution >= 0.6 is 0 Å². The minimum atomic E-state index is 0.716. The second-order valence-corrected chi connectivity index (χ2v) is 3.83. The largest absolute Gasteiger partial charge is 0.397 e. The highest BCUT2D eigenvalue weighted by molar-refractivity contribution is 5.34. The average Bonchev–Trinajstić information content (AvgIpc) is 2.29. The van der Waals surface area contributed by atoms with Crippen LogP contribution in [0, 0.1) is 0 Å². The highest BCUT2D eigenvalue weighted by Gasteiger charge is 2.00. The molecule has 1 aromatic heterocycles. The summed E-state index contributed by atoms with van der Waals surface area (Å²) in [5.41, 5.74) is 7.37. The first kappa shape index (κ1) is 12.9. The van der Waals surface area contributed by atoms with Crippen molar-refractivity contribution in [2.75, 3.05) is 39.1 Å². The van der Waals surface area contributed by atoms with Gasteiger partial charge in [0, 0.05) is 31.8 Å². The van der Waals surface area contributed by atoms with Crippen LogP contribution < -0.4 is 5.73 Å². The van der Waals surface area contributed by atoms with Gasteiger partial charge in [0.05, 0.1) is 18.5 Å². The molecular formula is C12H21N3O. The van der Waals surface area contributed by atoms with Crippen LogP contribution in [0.4, 0.5) is 5.69 Å². The molecule has 0 aliphatic carbocycles. The molecule has 90 valence electrons. The standard InChI is InChI=1S/C12H21N3O/c1-3-16-9-8-15(2)7-6-12-5-4-11(13)10-14-12/h4-5,10H,3,6-9,13H2,1-2H3. The van der Waals surface area contributed by atoms with Crippen molar-refractivity contribution >= 4 is 5.69 Å². The molecule has 0 saturated heterocycles. The summed E-state index contributed by atoms with van der Waals surface area (Å²) in [5, 5.41) is 0. The average molecular weight is 223 g/mol. The fourth-order valence-corrected chi connectivity index (χ4v) is 1.37. The predicted octanol–water partition coefficient (Wildman–Crippen LogP) is 1.17. The molecule has 0 bridgehead atoms. The molecule has 0 saturated carbocycles. The zero-order valence-electron chi connectivity index (χ0n) is 10.1. The first-order valence-electron chi connectivity index (χ1n) is 5.69. The SMILES string of the molecule is CCOCCN(C)CCc1ccc(N)cn1. The highest BCUT2D eigenvalue weighted by Crippen LogP contribution is 2.02. The molecule has 0 unspecified atom stereocenters. The van der Waals surface area contributed by atoms with E-state index >= 15 is 0 Å². The molecule has 0 aliphatic rings. The molecule has 0 aliphatic heterocycles. The number of hydrogen-bond acceptors (Lipinski definition) is 4. The normalized spacial score (nSPS) is 10.9. The second kappa shape index (κ2) is 7.19. The minimum Gasteiger partial charge on any atom is -0.397 e. The Balaban J connectivity index is 2.20. The number of hydrogen-bond donors (Lipinski definition) is 1. The van der Waals surface area contributed by atoms with E-state index in [9.17, 15) is 0 Å². The van der Waals surface area contributed by atoms with E-state index in [0.717, 1.165) is 38.4 Å². The number of anilines is 1. The van der Waals surface area contributed by atoms with Crippen molar-refractivity contribution in [1.82, 2.24) is 9.88 Å². The monoisotopic (exact) mass is 223 g/mol. The predicted molar refractivity (Wildman–Crippen MR) is 66.3 cm³/mol. The Bertz CT molecular complexity index is 287. The van der Waals surface area contributed by atoms with Crippen molar-refractivity contribution in [2.24, 2.45) is 0 Å². The number of nitrogens with two attached hydrogens (primary N) is 1. The molecule has 0 atom stereocenters. The number of pyridine rings is 1. The van der Waals surface area contributed by atoms with Crippen molar-refractivity contribution in [3.8, 4) is 0 Å². The van der Waals surface area contributed by atoms with E-state index in [-0.39, 0.29) is 0 Å². The molecule has 16 heavy (non-hydrogen) atoms. The molecule has 4 nitrogen and oxygen atoms in total. The maximum atomic E-state index is 5.57. The van der Waals surface area contributed by atoms with Gasteiger partial charge in [0.1, 0.15) is 0 Å². The van der Waals surface area contributed by atoms with Crippen molar-refractivity contribution in [3.63, 3.8) is 0 Å². The van der Waals surface area contributed by atoms with Crippen LogP contribution in [-0.4, -0.2) is 43.2 Å². The lowest BCUT2D eigenvalue weighted by atomic mass is 10.2. The first-order chi connectivity index (χ1) is 7.72. The van der Waals surface area contributed by atoms with Crippen molar-refractivity contribution in [2.45, 2.75) is 13.3 Å². The minimum absolute atomic E-state index is 0.716. The van der Waals surface area contributed by atoms with Gasteiger partial charge in [-0.1, -0.05) is 0 Å². The van der Waals surface area contributed by atoms with Crippen molar-refractivity contribution in [1.29, 1.82) is 0 Å². The summed E-state index contributed by atoms with van der Waals surface area (Å²) in [5.74, 6) is 0. The first-order valence-corrected chi connectivity index (χ1v) is 5.69. The topological polar surface area (TPSA) is 51.4 Å². The van der Waals surface area contributed by atoms with E-state index in [1.165, 1.54) is 0 Å². The Kier molecular flexibility index (Phi) is 5.82. The summed E-state index contributed by atoms with van der Waals surface area (Å²) in [4.78, 5) is 6.51. The summed E-state index contributed by atoms with van der Waals surface area (Å²) < 4.78 is 5.30. The number of ether oxygens (including phenoxy) is 1. The molecule has 0 fully saturated rings. The summed E-state index contributed by atoms with van der Waals surface area (Å²) in [6, 6.07) is 3.87. The van der Waals surface area contributed by atoms with Gasteiger partial charge >= 0.3 is 0 Å². The van der Waals surface area contributed by atoms with Crippen LogP contribution in [0.25, 0.3) is 0 Å². The lowest BCUT2D eigenvalue weighted by Gasteiger charge is -2.15. The maximum Gasteiger partial charge on any atom is 0.0593 e. The third kappa shape index (κ3) is 5.09.